The summed E-state index contributed by atoms with van der Waals surface area (Å²) in [4.78, 5) is 6.51. The molecular weight excluding hydrogens is 304 g/mol. The Hall–Kier alpha value is -1.33. The van der Waals surface area contributed by atoms with Crippen LogP contribution in [-0.2, 0) is 13.6 Å². The number of rotatable bonds is 4. The molecule has 1 atom stereocenters. The second-order valence-electron chi connectivity index (χ2n) is 4.81. The molecule has 19 heavy (non-hydrogen) atoms. The molecule has 1 aromatic carbocycles. The van der Waals surface area contributed by atoms with Crippen molar-refractivity contribution in [1.29, 1.82) is 0 Å². The second kappa shape index (κ2) is 5.75. The summed E-state index contributed by atoms with van der Waals surface area (Å²) >= 11 is 3.61. The maximum absolute atomic E-state index is 5.89. The van der Waals surface area contributed by atoms with Gasteiger partial charge in [0.2, 0.25) is 0 Å². The number of benzene rings is 1. The summed E-state index contributed by atoms with van der Waals surface area (Å²) < 4.78 is 3.08. The molecule has 0 spiro atoms. The van der Waals surface area contributed by atoms with Crippen molar-refractivity contribution in [3.05, 3.63) is 46.5 Å². The normalized spacial score (nSPS) is 12.5. The highest BCUT2D eigenvalue weighted by Crippen LogP contribution is 2.29. The molecule has 0 aliphatic heterocycles. The largest absolute Gasteiger partial charge is 0.366 e. The Bertz CT molecular complexity index is 562. The summed E-state index contributed by atoms with van der Waals surface area (Å²) in [5, 5.41) is 0. The van der Waals surface area contributed by atoms with Gasteiger partial charge < -0.3 is 15.2 Å². The number of halogens is 1. The van der Waals surface area contributed by atoms with Gasteiger partial charge in [0.1, 0.15) is 5.82 Å². The first-order valence-corrected chi connectivity index (χ1v) is 7.00. The molecule has 0 radical (unpaired) electrons. The summed E-state index contributed by atoms with van der Waals surface area (Å²) in [6.07, 6.45) is 3.77. The van der Waals surface area contributed by atoms with Crippen molar-refractivity contribution >= 4 is 21.6 Å². The number of nitrogens with zero attached hydrogens (tertiary/aromatic N) is 3. The van der Waals surface area contributed by atoms with E-state index in [-0.39, 0.29) is 6.04 Å². The zero-order chi connectivity index (χ0) is 14.0. The minimum atomic E-state index is 0.0465. The monoisotopic (exact) mass is 322 g/mol. The average molecular weight is 323 g/mol. The second-order valence-corrected chi connectivity index (χ2v) is 5.66. The molecule has 0 bridgehead atoms. The Kier molecular flexibility index (Phi) is 4.27. The van der Waals surface area contributed by atoms with Crippen molar-refractivity contribution in [2.75, 3.05) is 11.9 Å². The third kappa shape index (κ3) is 3.16. The lowest BCUT2D eigenvalue weighted by Crippen LogP contribution is -2.19. The number of hydrogen-bond donors (Lipinski definition) is 1. The smallest absolute Gasteiger partial charge is 0.127 e. The highest BCUT2D eigenvalue weighted by molar-refractivity contribution is 9.10. The fourth-order valence-corrected chi connectivity index (χ4v) is 2.66. The predicted molar refractivity (Wildman–Crippen MR) is 82.1 cm³/mol. The minimum Gasteiger partial charge on any atom is -0.366 e. The third-order valence-corrected chi connectivity index (χ3v) is 3.84. The molecule has 0 saturated carbocycles. The van der Waals surface area contributed by atoms with E-state index in [1.807, 2.05) is 30.9 Å². The van der Waals surface area contributed by atoms with E-state index in [2.05, 4.69) is 51.1 Å². The Morgan fingerprint density at radius 2 is 2.21 bits per heavy atom. The SMILES string of the molecule is C[C@H](N)c1ccc(N(C)Cc2nccn2C)c(Br)c1. The van der Waals surface area contributed by atoms with Gasteiger partial charge in [-0.2, -0.15) is 0 Å². The first-order chi connectivity index (χ1) is 8.99. The van der Waals surface area contributed by atoms with Crippen LogP contribution in [-0.4, -0.2) is 16.6 Å². The zero-order valence-electron chi connectivity index (χ0n) is 11.5. The first-order valence-electron chi connectivity index (χ1n) is 6.21. The Labute approximate surface area is 122 Å². The van der Waals surface area contributed by atoms with Crippen LogP contribution in [0.25, 0.3) is 0 Å². The molecule has 0 unspecified atom stereocenters. The number of hydrogen-bond acceptors (Lipinski definition) is 3. The standard InChI is InChI=1S/C14H19BrN4/c1-10(16)11-4-5-13(12(15)8-11)19(3)9-14-17-6-7-18(14)2/h4-8,10H,9,16H2,1-3H3/t10-/m0/s1. The number of nitrogens with two attached hydrogens (primary N) is 1. The van der Waals surface area contributed by atoms with Gasteiger partial charge in [0.05, 0.1) is 12.2 Å². The molecular formula is C14H19BrN4. The molecule has 5 heteroatoms. The van der Waals surface area contributed by atoms with E-state index >= 15 is 0 Å². The molecule has 2 N–H and O–H groups in total. The van der Waals surface area contributed by atoms with Gasteiger partial charge in [-0.3, -0.25) is 0 Å². The fourth-order valence-electron chi connectivity index (χ4n) is 1.96. The number of aryl methyl sites for hydroxylation is 1. The van der Waals surface area contributed by atoms with Gasteiger partial charge in [0, 0.05) is 37.0 Å². The maximum atomic E-state index is 5.89. The lowest BCUT2D eigenvalue weighted by atomic mass is 10.1. The van der Waals surface area contributed by atoms with E-state index < -0.39 is 0 Å². The summed E-state index contributed by atoms with van der Waals surface area (Å²) in [6.45, 7) is 2.75. The van der Waals surface area contributed by atoms with E-state index in [9.17, 15) is 0 Å². The van der Waals surface area contributed by atoms with Crippen molar-refractivity contribution in [3.8, 4) is 0 Å². The molecule has 0 aliphatic carbocycles. The van der Waals surface area contributed by atoms with Crippen LogP contribution < -0.4 is 10.6 Å². The molecule has 0 fully saturated rings. The van der Waals surface area contributed by atoms with Gasteiger partial charge in [-0.25, -0.2) is 4.98 Å². The van der Waals surface area contributed by atoms with Crippen LogP contribution >= 0.6 is 15.9 Å². The summed E-state index contributed by atoms with van der Waals surface area (Å²) in [5.41, 5.74) is 8.15. The lowest BCUT2D eigenvalue weighted by molar-refractivity contribution is 0.760. The lowest BCUT2D eigenvalue weighted by Gasteiger charge is -2.21. The van der Waals surface area contributed by atoms with Crippen molar-refractivity contribution in [2.24, 2.45) is 12.8 Å². The van der Waals surface area contributed by atoms with E-state index in [1.54, 1.807) is 0 Å². The van der Waals surface area contributed by atoms with Crippen molar-refractivity contribution in [2.45, 2.75) is 19.5 Å². The summed E-state index contributed by atoms with van der Waals surface area (Å²) in [6, 6.07) is 6.28. The molecule has 4 nitrogen and oxygen atoms in total. The summed E-state index contributed by atoms with van der Waals surface area (Å²) in [7, 11) is 4.06. The number of anilines is 1. The van der Waals surface area contributed by atoms with Crippen LogP contribution in [0.15, 0.2) is 35.1 Å². The van der Waals surface area contributed by atoms with E-state index in [1.165, 1.54) is 0 Å². The predicted octanol–water partition coefficient (Wildman–Crippen LogP) is 2.84. The van der Waals surface area contributed by atoms with Crippen molar-refractivity contribution in [3.63, 3.8) is 0 Å². The molecule has 2 rings (SSSR count). The molecule has 1 aromatic heterocycles. The topological polar surface area (TPSA) is 47.1 Å². The van der Waals surface area contributed by atoms with Gasteiger partial charge >= 0.3 is 0 Å². The van der Waals surface area contributed by atoms with Gasteiger partial charge in [0.25, 0.3) is 0 Å². The van der Waals surface area contributed by atoms with Gasteiger partial charge in [-0.15, -0.1) is 0 Å². The highest BCUT2D eigenvalue weighted by atomic mass is 79.9. The van der Waals surface area contributed by atoms with Crippen LogP contribution in [0.1, 0.15) is 24.4 Å². The number of aromatic nitrogens is 2. The molecule has 1 heterocycles. The third-order valence-electron chi connectivity index (χ3n) is 3.21. The van der Waals surface area contributed by atoms with Gasteiger partial charge in [-0.1, -0.05) is 6.07 Å². The van der Waals surface area contributed by atoms with Crippen molar-refractivity contribution in [1.82, 2.24) is 9.55 Å². The Balaban J connectivity index is 2.20. The van der Waals surface area contributed by atoms with E-state index in [4.69, 9.17) is 5.73 Å². The highest BCUT2D eigenvalue weighted by Gasteiger charge is 2.10. The summed E-state index contributed by atoms with van der Waals surface area (Å²) in [5.74, 6) is 1.03. The molecule has 0 aliphatic rings. The number of imidazole rings is 1. The molecule has 102 valence electrons. The Morgan fingerprint density at radius 3 is 2.74 bits per heavy atom. The van der Waals surface area contributed by atoms with Crippen LogP contribution in [0.5, 0.6) is 0 Å². The van der Waals surface area contributed by atoms with Crippen LogP contribution in [0.4, 0.5) is 5.69 Å². The van der Waals surface area contributed by atoms with Crippen LogP contribution in [0, 0.1) is 0 Å². The quantitative estimate of drug-likeness (QED) is 0.941. The first kappa shape index (κ1) is 14.1. The maximum Gasteiger partial charge on any atom is 0.127 e. The van der Waals surface area contributed by atoms with E-state index in [0.717, 1.165) is 28.1 Å². The zero-order valence-corrected chi connectivity index (χ0v) is 13.1. The minimum absolute atomic E-state index is 0.0465. The van der Waals surface area contributed by atoms with Crippen molar-refractivity contribution < 1.29 is 0 Å². The fraction of sp³-hybridized carbons (Fsp3) is 0.357. The van der Waals surface area contributed by atoms with Crippen LogP contribution in [0.3, 0.4) is 0 Å². The van der Waals surface area contributed by atoms with Gasteiger partial charge in [0.15, 0.2) is 0 Å². The molecule has 0 amide bonds. The average Bonchev–Trinajstić information content (AvgIpc) is 2.74. The van der Waals surface area contributed by atoms with E-state index in [0.29, 0.717) is 0 Å². The molecule has 0 saturated heterocycles. The Morgan fingerprint density at radius 1 is 1.47 bits per heavy atom. The van der Waals surface area contributed by atoms with Gasteiger partial charge in [-0.05, 0) is 40.5 Å². The van der Waals surface area contributed by atoms with Crippen LogP contribution in [0.2, 0.25) is 0 Å². The molecule has 2 aromatic rings.